The number of phenolic OH excluding ortho intramolecular Hbond substituents is 1. The molecule has 5 heteroatoms. The Morgan fingerprint density at radius 3 is 2.86 bits per heavy atom. The van der Waals surface area contributed by atoms with Crippen molar-refractivity contribution in [3.05, 3.63) is 29.3 Å². The van der Waals surface area contributed by atoms with Crippen molar-refractivity contribution in [2.45, 2.75) is 45.2 Å². The quantitative estimate of drug-likeness (QED) is 0.670. The summed E-state index contributed by atoms with van der Waals surface area (Å²) in [5.74, 6) is 0.705. The Labute approximate surface area is 125 Å². The molecule has 0 saturated heterocycles. The smallest absolute Gasteiger partial charge is 0.315 e. The van der Waals surface area contributed by atoms with E-state index >= 15 is 0 Å². The lowest BCUT2D eigenvalue weighted by atomic mass is 10.0. The Hall–Kier alpha value is -1.75. The largest absolute Gasteiger partial charge is 0.508 e. The number of hydrogen-bond donors (Lipinski definition) is 4. The molecule has 2 amide bonds. The summed E-state index contributed by atoms with van der Waals surface area (Å²) in [4.78, 5) is 12.0. The highest BCUT2D eigenvalue weighted by atomic mass is 16.3. The molecule has 0 aromatic heterocycles. The van der Waals surface area contributed by atoms with Crippen LogP contribution in [-0.4, -0.2) is 28.9 Å². The van der Waals surface area contributed by atoms with Gasteiger partial charge in [0.25, 0.3) is 0 Å². The maximum Gasteiger partial charge on any atom is 0.315 e. The van der Waals surface area contributed by atoms with Gasteiger partial charge in [0, 0.05) is 0 Å². The van der Waals surface area contributed by atoms with Gasteiger partial charge in [-0.1, -0.05) is 26.0 Å². The van der Waals surface area contributed by atoms with Crippen molar-refractivity contribution in [2.75, 3.05) is 6.61 Å². The molecule has 0 heterocycles. The van der Waals surface area contributed by atoms with E-state index in [-0.39, 0.29) is 24.7 Å². The zero-order chi connectivity index (χ0) is 15.4. The summed E-state index contributed by atoms with van der Waals surface area (Å²) < 4.78 is 0. The number of nitrogens with one attached hydrogen (secondary N) is 2. The number of benzene rings is 1. The molecule has 2 atom stereocenters. The van der Waals surface area contributed by atoms with E-state index in [9.17, 15) is 15.0 Å². The van der Waals surface area contributed by atoms with Gasteiger partial charge in [0.2, 0.25) is 0 Å². The molecule has 0 bridgehead atoms. The minimum atomic E-state index is -0.268. The fourth-order valence-electron chi connectivity index (χ4n) is 2.92. The van der Waals surface area contributed by atoms with Crippen molar-refractivity contribution in [1.29, 1.82) is 0 Å². The van der Waals surface area contributed by atoms with E-state index in [0.717, 1.165) is 30.4 Å². The molecular formula is C16H24N2O3. The Balaban J connectivity index is 1.94. The minimum absolute atomic E-state index is 0.0619. The molecule has 0 spiro atoms. The number of amides is 2. The van der Waals surface area contributed by atoms with Crippen LogP contribution in [0.5, 0.6) is 5.75 Å². The second-order valence-electron chi connectivity index (χ2n) is 6.06. The van der Waals surface area contributed by atoms with Crippen LogP contribution in [0.2, 0.25) is 0 Å². The Morgan fingerprint density at radius 2 is 2.19 bits per heavy atom. The summed E-state index contributed by atoms with van der Waals surface area (Å²) in [6.45, 7) is 4.05. The van der Waals surface area contributed by atoms with E-state index in [4.69, 9.17) is 0 Å². The van der Waals surface area contributed by atoms with E-state index in [0.29, 0.717) is 11.7 Å². The average molecular weight is 292 g/mol. The predicted octanol–water partition coefficient (Wildman–Crippen LogP) is 2.09. The Kier molecular flexibility index (Phi) is 5.07. The van der Waals surface area contributed by atoms with Crippen LogP contribution >= 0.6 is 0 Å². The molecule has 0 aliphatic heterocycles. The number of fused-ring (bicyclic) bond motifs is 1. The fourth-order valence-corrected chi connectivity index (χ4v) is 2.92. The fraction of sp³-hybridized carbons (Fsp3) is 0.562. The number of hydrogen-bond acceptors (Lipinski definition) is 3. The van der Waals surface area contributed by atoms with Crippen molar-refractivity contribution in [2.24, 2.45) is 5.92 Å². The van der Waals surface area contributed by atoms with E-state index < -0.39 is 0 Å². The molecule has 1 aliphatic rings. The first-order valence-corrected chi connectivity index (χ1v) is 7.50. The molecule has 0 radical (unpaired) electrons. The molecule has 2 rings (SSSR count). The van der Waals surface area contributed by atoms with Crippen LogP contribution in [0, 0.1) is 5.92 Å². The zero-order valence-electron chi connectivity index (χ0n) is 12.6. The molecule has 5 nitrogen and oxygen atoms in total. The summed E-state index contributed by atoms with van der Waals surface area (Å²) in [5, 5.41) is 24.8. The van der Waals surface area contributed by atoms with Gasteiger partial charge in [0.1, 0.15) is 5.75 Å². The number of rotatable bonds is 5. The zero-order valence-corrected chi connectivity index (χ0v) is 12.6. The second kappa shape index (κ2) is 6.80. The number of urea groups is 1. The first-order chi connectivity index (χ1) is 10.0. The first kappa shape index (κ1) is 15.6. The lowest BCUT2D eigenvalue weighted by Crippen LogP contribution is -2.45. The van der Waals surface area contributed by atoms with E-state index in [2.05, 4.69) is 24.5 Å². The summed E-state index contributed by atoms with van der Waals surface area (Å²) in [7, 11) is 0. The predicted molar refractivity (Wildman–Crippen MR) is 81.2 cm³/mol. The average Bonchev–Trinajstić information content (AvgIpc) is 2.82. The van der Waals surface area contributed by atoms with E-state index in [1.165, 1.54) is 0 Å². The third kappa shape index (κ3) is 3.88. The molecule has 116 valence electrons. The molecule has 4 N–H and O–H groups in total. The minimum Gasteiger partial charge on any atom is -0.508 e. The molecule has 21 heavy (non-hydrogen) atoms. The van der Waals surface area contributed by atoms with Crippen molar-refractivity contribution in [3.8, 4) is 5.75 Å². The van der Waals surface area contributed by atoms with Crippen LogP contribution in [-0.2, 0) is 6.42 Å². The third-order valence-electron chi connectivity index (χ3n) is 3.86. The standard InChI is InChI=1S/C16H24N2O3/c1-10(2)8-11(9-19)17-16(21)18-14-7-6-13-12(14)4-3-5-15(13)20/h3-5,10-11,14,19-20H,6-9H2,1-2H3,(H2,17,18,21). The lowest BCUT2D eigenvalue weighted by molar-refractivity contribution is 0.204. The normalized spacial score (nSPS) is 18.4. The highest BCUT2D eigenvalue weighted by Gasteiger charge is 2.26. The van der Waals surface area contributed by atoms with Crippen molar-refractivity contribution < 1.29 is 15.0 Å². The summed E-state index contributed by atoms with van der Waals surface area (Å²) in [5.41, 5.74) is 1.90. The van der Waals surface area contributed by atoms with Crippen LogP contribution in [0.15, 0.2) is 18.2 Å². The SMILES string of the molecule is CC(C)CC(CO)NC(=O)NC1CCc2c(O)cccc21. The molecule has 0 fully saturated rings. The first-order valence-electron chi connectivity index (χ1n) is 7.50. The molecular weight excluding hydrogens is 268 g/mol. The van der Waals surface area contributed by atoms with Crippen LogP contribution in [0.25, 0.3) is 0 Å². The number of aromatic hydroxyl groups is 1. The monoisotopic (exact) mass is 292 g/mol. The summed E-state index contributed by atoms with van der Waals surface area (Å²) in [6, 6.07) is 4.83. The molecule has 0 saturated carbocycles. The van der Waals surface area contributed by atoms with Crippen LogP contribution in [0.4, 0.5) is 4.79 Å². The van der Waals surface area contributed by atoms with Gasteiger partial charge in [0.05, 0.1) is 18.7 Å². The van der Waals surface area contributed by atoms with Gasteiger partial charge < -0.3 is 20.8 Å². The van der Waals surface area contributed by atoms with Crippen molar-refractivity contribution in [3.63, 3.8) is 0 Å². The van der Waals surface area contributed by atoms with E-state index in [1.54, 1.807) is 12.1 Å². The van der Waals surface area contributed by atoms with Crippen LogP contribution in [0.3, 0.4) is 0 Å². The second-order valence-corrected chi connectivity index (χ2v) is 6.06. The van der Waals surface area contributed by atoms with Crippen molar-refractivity contribution >= 4 is 6.03 Å². The highest BCUT2D eigenvalue weighted by molar-refractivity contribution is 5.75. The maximum atomic E-state index is 12.0. The summed E-state index contributed by atoms with van der Waals surface area (Å²) in [6.07, 6.45) is 2.29. The van der Waals surface area contributed by atoms with Crippen LogP contribution < -0.4 is 10.6 Å². The summed E-state index contributed by atoms with van der Waals surface area (Å²) >= 11 is 0. The van der Waals surface area contributed by atoms with Gasteiger partial charge in [-0.3, -0.25) is 0 Å². The van der Waals surface area contributed by atoms with Crippen molar-refractivity contribution in [1.82, 2.24) is 10.6 Å². The van der Waals surface area contributed by atoms with Gasteiger partial charge in [-0.2, -0.15) is 0 Å². The maximum absolute atomic E-state index is 12.0. The third-order valence-corrected chi connectivity index (χ3v) is 3.86. The topological polar surface area (TPSA) is 81.6 Å². The van der Waals surface area contributed by atoms with Gasteiger partial charge in [-0.05, 0) is 42.4 Å². The molecule has 2 unspecified atom stereocenters. The lowest BCUT2D eigenvalue weighted by Gasteiger charge is -2.21. The number of aliphatic hydroxyl groups excluding tert-OH is 1. The molecule has 1 aromatic rings. The van der Waals surface area contributed by atoms with Crippen LogP contribution in [0.1, 0.15) is 43.9 Å². The molecule has 1 aromatic carbocycles. The Morgan fingerprint density at radius 1 is 1.43 bits per heavy atom. The van der Waals surface area contributed by atoms with Gasteiger partial charge >= 0.3 is 6.03 Å². The number of aliphatic hydroxyl groups is 1. The number of phenols is 1. The number of carbonyl (C=O) groups is 1. The van der Waals surface area contributed by atoms with Gasteiger partial charge in [-0.25, -0.2) is 4.79 Å². The Bertz CT molecular complexity index is 502. The highest BCUT2D eigenvalue weighted by Crippen LogP contribution is 2.36. The van der Waals surface area contributed by atoms with Gasteiger partial charge in [0.15, 0.2) is 0 Å². The van der Waals surface area contributed by atoms with Gasteiger partial charge in [-0.15, -0.1) is 0 Å². The molecule has 1 aliphatic carbocycles. The number of carbonyl (C=O) groups excluding carboxylic acids is 1. The van der Waals surface area contributed by atoms with E-state index in [1.807, 2.05) is 6.07 Å².